The van der Waals surface area contributed by atoms with E-state index in [0.717, 1.165) is 35.0 Å². The SMILES string of the molecule is CC1c2[nH]c3ccccc3c2C[C@@H](C(=O)N[C@@H](C)C(N)=O)N1C(=O)[C@@H](N)CCCCN. The summed E-state index contributed by atoms with van der Waals surface area (Å²) in [7, 11) is 0. The maximum atomic E-state index is 13.3. The Morgan fingerprint density at radius 3 is 2.65 bits per heavy atom. The normalized spacial score (nSPS) is 20.2. The van der Waals surface area contributed by atoms with Crippen LogP contribution in [0, 0.1) is 0 Å². The zero-order valence-electron chi connectivity index (χ0n) is 18.1. The van der Waals surface area contributed by atoms with Crippen molar-refractivity contribution in [3.05, 3.63) is 35.5 Å². The fourth-order valence-corrected chi connectivity index (χ4v) is 4.27. The molecule has 1 aliphatic rings. The maximum Gasteiger partial charge on any atom is 0.243 e. The van der Waals surface area contributed by atoms with Gasteiger partial charge >= 0.3 is 0 Å². The smallest absolute Gasteiger partial charge is 0.243 e. The molecule has 2 heterocycles. The summed E-state index contributed by atoms with van der Waals surface area (Å²) in [5.74, 6) is -1.35. The molecule has 1 aromatic carbocycles. The number of nitrogens with two attached hydrogens (primary N) is 3. The molecule has 0 fully saturated rings. The highest BCUT2D eigenvalue weighted by Crippen LogP contribution is 2.37. The average molecular weight is 429 g/mol. The van der Waals surface area contributed by atoms with Crippen LogP contribution in [0.2, 0.25) is 0 Å². The summed E-state index contributed by atoms with van der Waals surface area (Å²) in [5.41, 5.74) is 19.9. The van der Waals surface area contributed by atoms with Crippen LogP contribution in [0.15, 0.2) is 24.3 Å². The Labute approximate surface area is 181 Å². The predicted molar refractivity (Wildman–Crippen MR) is 119 cm³/mol. The van der Waals surface area contributed by atoms with Crippen molar-refractivity contribution in [2.45, 2.75) is 63.7 Å². The lowest BCUT2D eigenvalue weighted by atomic mass is 9.90. The second kappa shape index (κ2) is 9.49. The van der Waals surface area contributed by atoms with Gasteiger partial charge in [0.15, 0.2) is 0 Å². The van der Waals surface area contributed by atoms with Gasteiger partial charge in [0.2, 0.25) is 17.7 Å². The minimum atomic E-state index is -0.845. The molecule has 168 valence electrons. The molecule has 0 aliphatic carbocycles. The molecule has 0 spiro atoms. The number of primary amides is 1. The number of carbonyl (C=O) groups excluding carboxylic acids is 3. The number of nitrogens with zero attached hydrogens (tertiary/aromatic N) is 1. The molecular formula is C22H32N6O3. The number of unbranched alkanes of at least 4 members (excludes halogenated alkanes) is 1. The highest BCUT2D eigenvalue weighted by molar-refractivity contribution is 5.95. The summed E-state index contributed by atoms with van der Waals surface area (Å²) in [4.78, 5) is 42.9. The lowest BCUT2D eigenvalue weighted by Gasteiger charge is -2.41. The first kappa shape index (κ1) is 22.8. The molecule has 8 N–H and O–H groups in total. The number of fused-ring (bicyclic) bond motifs is 3. The molecular weight excluding hydrogens is 396 g/mol. The third-order valence-electron chi connectivity index (χ3n) is 6.04. The van der Waals surface area contributed by atoms with E-state index in [1.54, 1.807) is 4.90 Å². The van der Waals surface area contributed by atoms with Crippen LogP contribution in [0.4, 0.5) is 0 Å². The van der Waals surface area contributed by atoms with Gasteiger partial charge in [-0.25, -0.2) is 0 Å². The van der Waals surface area contributed by atoms with Crippen molar-refractivity contribution in [2.24, 2.45) is 17.2 Å². The van der Waals surface area contributed by atoms with Crippen LogP contribution in [0.25, 0.3) is 10.9 Å². The fourth-order valence-electron chi connectivity index (χ4n) is 4.27. The fraction of sp³-hybridized carbons (Fsp3) is 0.500. The molecule has 1 unspecified atom stereocenters. The lowest BCUT2D eigenvalue weighted by molar-refractivity contribution is -0.145. The monoisotopic (exact) mass is 428 g/mol. The number of benzene rings is 1. The van der Waals surface area contributed by atoms with Crippen molar-refractivity contribution in [3.8, 4) is 0 Å². The van der Waals surface area contributed by atoms with Crippen LogP contribution in [0.5, 0.6) is 0 Å². The van der Waals surface area contributed by atoms with Gasteiger partial charge < -0.3 is 32.4 Å². The molecule has 2 aromatic rings. The number of amides is 3. The Hall–Kier alpha value is -2.91. The molecule has 0 saturated heterocycles. The Kier molecular flexibility index (Phi) is 6.97. The van der Waals surface area contributed by atoms with E-state index in [2.05, 4.69) is 10.3 Å². The summed E-state index contributed by atoms with van der Waals surface area (Å²) < 4.78 is 0. The van der Waals surface area contributed by atoms with Crippen LogP contribution >= 0.6 is 0 Å². The van der Waals surface area contributed by atoms with E-state index in [1.807, 2.05) is 31.2 Å². The Morgan fingerprint density at radius 1 is 1.26 bits per heavy atom. The van der Waals surface area contributed by atoms with Gasteiger partial charge in [-0.3, -0.25) is 14.4 Å². The van der Waals surface area contributed by atoms with E-state index >= 15 is 0 Å². The van der Waals surface area contributed by atoms with Crippen molar-refractivity contribution < 1.29 is 14.4 Å². The van der Waals surface area contributed by atoms with Crippen molar-refractivity contribution in [1.29, 1.82) is 0 Å². The molecule has 1 aliphatic heterocycles. The van der Waals surface area contributed by atoms with Crippen molar-refractivity contribution in [1.82, 2.24) is 15.2 Å². The molecule has 9 nitrogen and oxygen atoms in total. The molecule has 0 saturated carbocycles. The summed E-state index contributed by atoms with van der Waals surface area (Å²) >= 11 is 0. The molecule has 4 atom stereocenters. The van der Waals surface area contributed by atoms with Crippen molar-refractivity contribution in [3.63, 3.8) is 0 Å². The first-order valence-electron chi connectivity index (χ1n) is 10.7. The quantitative estimate of drug-likeness (QED) is 0.385. The number of aromatic nitrogens is 1. The van der Waals surface area contributed by atoms with Crippen molar-refractivity contribution >= 4 is 28.6 Å². The van der Waals surface area contributed by atoms with Crippen molar-refractivity contribution in [2.75, 3.05) is 6.54 Å². The Balaban J connectivity index is 1.96. The van der Waals surface area contributed by atoms with Crippen LogP contribution < -0.4 is 22.5 Å². The second-order valence-corrected chi connectivity index (χ2v) is 8.23. The van der Waals surface area contributed by atoms with Gasteiger partial charge in [-0.05, 0) is 44.9 Å². The maximum absolute atomic E-state index is 13.3. The number of para-hydroxylation sites is 1. The second-order valence-electron chi connectivity index (χ2n) is 8.23. The van der Waals surface area contributed by atoms with E-state index in [4.69, 9.17) is 17.2 Å². The van der Waals surface area contributed by atoms with E-state index in [1.165, 1.54) is 6.92 Å². The minimum absolute atomic E-state index is 0.291. The van der Waals surface area contributed by atoms with E-state index in [9.17, 15) is 14.4 Å². The molecule has 31 heavy (non-hydrogen) atoms. The van der Waals surface area contributed by atoms with Crippen LogP contribution in [0.3, 0.4) is 0 Å². The van der Waals surface area contributed by atoms with E-state index in [0.29, 0.717) is 19.4 Å². The topological polar surface area (TPSA) is 160 Å². The summed E-state index contributed by atoms with van der Waals surface area (Å²) in [6.45, 7) is 3.94. The van der Waals surface area contributed by atoms with Gasteiger partial charge in [0.05, 0.1) is 12.1 Å². The van der Waals surface area contributed by atoms with Gasteiger partial charge in [-0.15, -0.1) is 0 Å². The van der Waals surface area contributed by atoms with Crippen LogP contribution in [0.1, 0.15) is 50.4 Å². The molecule has 0 radical (unpaired) electrons. The minimum Gasteiger partial charge on any atom is -0.368 e. The van der Waals surface area contributed by atoms with E-state index < -0.39 is 29.9 Å². The summed E-state index contributed by atoms with van der Waals surface area (Å²) in [6.07, 6.45) is 2.33. The number of hydrogen-bond donors (Lipinski definition) is 5. The van der Waals surface area contributed by atoms with E-state index in [-0.39, 0.29) is 11.9 Å². The lowest BCUT2D eigenvalue weighted by Crippen LogP contribution is -2.59. The number of carbonyl (C=O) groups is 3. The first-order chi connectivity index (χ1) is 14.8. The molecule has 1 aromatic heterocycles. The predicted octanol–water partition coefficient (Wildman–Crippen LogP) is 0.429. The highest BCUT2D eigenvalue weighted by Gasteiger charge is 2.42. The Bertz CT molecular complexity index is 971. The third kappa shape index (κ3) is 4.57. The van der Waals surface area contributed by atoms with Gasteiger partial charge in [0.25, 0.3) is 0 Å². The van der Waals surface area contributed by atoms with Crippen LogP contribution in [-0.4, -0.2) is 52.3 Å². The average Bonchev–Trinajstić information content (AvgIpc) is 3.12. The van der Waals surface area contributed by atoms with Crippen LogP contribution in [-0.2, 0) is 20.8 Å². The Morgan fingerprint density at radius 2 is 1.97 bits per heavy atom. The molecule has 3 rings (SSSR count). The summed E-state index contributed by atoms with van der Waals surface area (Å²) in [5, 5.41) is 3.66. The first-order valence-corrected chi connectivity index (χ1v) is 10.7. The van der Waals surface area contributed by atoms with Gasteiger partial charge in [-0.2, -0.15) is 0 Å². The molecule has 0 bridgehead atoms. The highest BCUT2D eigenvalue weighted by atomic mass is 16.2. The summed E-state index contributed by atoms with van der Waals surface area (Å²) in [6, 6.07) is 5.08. The molecule has 9 heteroatoms. The standard InChI is InChI=1S/C22H32N6O3/c1-12(20(25)29)26-21(30)18-11-15-14-7-3-4-9-17(14)27-19(15)13(2)28(18)22(31)16(24)8-5-6-10-23/h3-4,7,9,12-13,16,18,27H,5-6,8,10-11,23-24H2,1-2H3,(H2,25,29)(H,26,30)/t12-,13?,16-,18-/m0/s1. The molecule has 3 amide bonds. The van der Waals surface area contributed by atoms with Gasteiger partial charge in [0, 0.05) is 23.0 Å². The largest absolute Gasteiger partial charge is 0.368 e. The third-order valence-corrected chi connectivity index (χ3v) is 6.04. The number of nitrogens with one attached hydrogen (secondary N) is 2. The zero-order valence-corrected chi connectivity index (χ0v) is 18.1. The number of aromatic amines is 1. The number of rotatable bonds is 8. The van der Waals surface area contributed by atoms with Gasteiger partial charge in [-0.1, -0.05) is 24.6 Å². The number of hydrogen-bond acceptors (Lipinski definition) is 5. The zero-order chi connectivity index (χ0) is 22.7. The number of H-pyrrole nitrogens is 1. The van der Waals surface area contributed by atoms with Gasteiger partial charge in [0.1, 0.15) is 12.1 Å².